The lowest BCUT2D eigenvalue weighted by Crippen LogP contribution is -2.43. The second-order valence-corrected chi connectivity index (χ2v) is 7.81. The second-order valence-electron chi connectivity index (χ2n) is 7.81. The fourth-order valence-corrected chi connectivity index (χ4v) is 3.58. The molecule has 1 aliphatic heterocycles. The number of nitrogens with zero attached hydrogens (tertiary/aromatic N) is 5. The fraction of sp³-hybridized carbons (Fsp3) is 0.250. The molecule has 162 valence electrons. The summed E-state index contributed by atoms with van der Waals surface area (Å²) in [6.45, 7) is 5.33. The molecule has 1 aromatic heterocycles. The largest absolute Gasteiger partial charge is 0.304 e. The Labute approximate surface area is 186 Å². The highest BCUT2D eigenvalue weighted by molar-refractivity contribution is 5.80. The van der Waals surface area contributed by atoms with E-state index in [2.05, 4.69) is 49.5 Å². The van der Waals surface area contributed by atoms with Crippen LogP contribution in [0.1, 0.15) is 16.7 Å². The second kappa shape index (κ2) is 10.0. The zero-order valence-electron chi connectivity index (χ0n) is 18.0. The van der Waals surface area contributed by atoms with Crippen LogP contribution in [0.5, 0.6) is 0 Å². The maximum Gasteiger partial charge on any atom is 0.270 e. The van der Waals surface area contributed by atoms with Gasteiger partial charge in [-0.15, -0.1) is 0 Å². The predicted molar refractivity (Wildman–Crippen MR) is 125 cm³/mol. The number of piperazine rings is 1. The van der Waals surface area contributed by atoms with Crippen LogP contribution >= 0.6 is 0 Å². The van der Waals surface area contributed by atoms with E-state index in [1.165, 1.54) is 5.56 Å². The Hall–Kier alpha value is -3.80. The normalized spacial score (nSPS) is 15.0. The first kappa shape index (κ1) is 21.4. The molecule has 2 N–H and O–H groups in total. The van der Waals surface area contributed by atoms with Gasteiger partial charge in [0.1, 0.15) is 11.6 Å². The molecule has 0 unspecified atom stereocenters. The van der Waals surface area contributed by atoms with Gasteiger partial charge < -0.3 is 4.90 Å². The molecule has 1 fully saturated rings. The number of aromatic amines is 1. The first-order chi connectivity index (χ1) is 15.6. The molecule has 2 aromatic carbocycles. The number of hydrogen-bond acceptors (Lipinski definition) is 7. The number of hydrogen-bond donors (Lipinski definition) is 2. The molecule has 1 saturated heterocycles. The Balaban J connectivity index is 1.42. The molecule has 0 radical (unpaired) electrons. The number of nitrogens with one attached hydrogen (secondary N) is 2. The minimum absolute atomic E-state index is 0.0262. The van der Waals surface area contributed by atoms with E-state index in [1.54, 1.807) is 18.3 Å². The van der Waals surface area contributed by atoms with Gasteiger partial charge >= 0.3 is 0 Å². The van der Waals surface area contributed by atoms with Gasteiger partial charge in [-0.2, -0.15) is 10.4 Å². The summed E-state index contributed by atoms with van der Waals surface area (Å²) in [4.78, 5) is 24.0. The molecular formula is C24H25N7O. The molecule has 0 spiro atoms. The van der Waals surface area contributed by atoms with Gasteiger partial charge in [0.2, 0.25) is 5.95 Å². The third-order valence-corrected chi connectivity index (χ3v) is 5.44. The Bertz CT molecular complexity index is 1170. The first-order valence-electron chi connectivity index (χ1n) is 10.5. The van der Waals surface area contributed by atoms with Crippen molar-refractivity contribution in [3.8, 4) is 17.3 Å². The van der Waals surface area contributed by atoms with Crippen LogP contribution in [0.4, 0.5) is 5.95 Å². The third-order valence-electron chi connectivity index (χ3n) is 5.44. The van der Waals surface area contributed by atoms with Crippen LogP contribution in [-0.2, 0) is 6.54 Å². The summed E-state index contributed by atoms with van der Waals surface area (Å²) in [7, 11) is 2.16. The highest BCUT2D eigenvalue weighted by Crippen LogP contribution is 2.19. The van der Waals surface area contributed by atoms with E-state index in [-0.39, 0.29) is 11.5 Å². The molecule has 1 aliphatic rings. The van der Waals surface area contributed by atoms with Gasteiger partial charge in [-0.3, -0.25) is 14.7 Å². The summed E-state index contributed by atoms with van der Waals surface area (Å²) in [5.74, 6) is 0.177. The van der Waals surface area contributed by atoms with Crippen LogP contribution in [0.2, 0.25) is 0 Å². The van der Waals surface area contributed by atoms with Gasteiger partial charge in [-0.25, -0.2) is 10.4 Å². The Morgan fingerprint density at radius 2 is 1.84 bits per heavy atom. The Morgan fingerprint density at radius 3 is 2.53 bits per heavy atom. The number of rotatable bonds is 6. The van der Waals surface area contributed by atoms with Crippen molar-refractivity contribution in [2.45, 2.75) is 6.54 Å². The van der Waals surface area contributed by atoms with Gasteiger partial charge in [-0.05, 0) is 18.2 Å². The van der Waals surface area contributed by atoms with E-state index in [9.17, 15) is 10.1 Å². The van der Waals surface area contributed by atoms with E-state index >= 15 is 0 Å². The lowest BCUT2D eigenvalue weighted by Gasteiger charge is -2.32. The summed E-state index contributed by atoms with van der Waals surface area (Å²) in [6, 6.07) is 19.3. The summed E-state index contributed by atoms with van der Waals surface area (Å²) in [5.41, 5.74) is 5.44. The van der Waals surface area contributed by atoms with E-state index in [0.717, 1.165) is 38.3 Å². The molecule has 32 heavy (non-hydrogen) atoms. The van der Waals surface area contributed by atoms with Crippen molar-refractivity contribution < 1.29 is 0 Å². The van der Waals surface area contributed by atoms with Gasteiger partial charge in [0.15, 0.2) is 0 Å². The number of hydrazone groups is 1. The molecular weight excluding hydrogens is 402 g/mol. The van der Waals surface area contributed by atoms with Crippen LogP contribution in [0, 0.1) is 11.3 Å². The summed E-state index contributed by atoms with van der Waals surface area (Å²) < 4.78 is 0. The van der Waals surface area contributed by atoms with Crippen LogP contribution in [0.25, 0.3) is 11.3 Å². The molecule has 0 bridgehead atoms. The van der Waals surface area contributed by atoms with Crippen molar-refractivity contribution in [3.05, 3.63) is 81.6 Å². The molecule has 2 heterocycles. The Morgan fingerprint density at radius 1 is 1.12 bits per heavy atom. The average Bonchev–Trinajstić information content (AvgIpc) is 2.82. The zero-order valence-corrected chi connectivity index (χ0v) is 18.0. The number of H-pyrrole nitrogens is 1. The molecule has 0 saturated carbocycles. The maximum absolute atomic E-state index is 12.3. The Kier molecular flexibility index (Phi) is 6.70. The fourth-order valence-electron chi connectivity index (χ4n) is 3.58. The number of anilines is 1. The minimum Gasteiger partial charge on any atom is -0.304 e. The van der Waals surface area contributed by atoms with Crippen LogP contribution in [0.15, 0.2) is 64.5 Å². The first-order valence-corrected chi connectivity index (χ1v) is 10.5. The monoisotopic (exact) mass is 427 g/mol. The van der Waals surface area contributed by atoms with E-state index in [1.807, 2.05) is 36.4 Å². The van der Waals surface area contributed by atoms with Crippen LogP contribution in [0.3, 0.4) is 0 Å². The molecule has 0 aliphatic carbocycles. The summed E-state index contributed by atoms with van der Waals surface area (Å²) in [6.07, 6.45) is 1.67. The van der Waals surface area contributed by atoms with Crippen molar-refractivity contribution in [1.82, 2.24) is 19.8 Å². The molecule has 8 heteroatoms. The number of likely N-dealkylation sites (N-methyl/N-ethyl adjacent to an activating group) is 1. The topological polar surface area (TPSA) is 100 Å². The third kappa shape index (κ3) is 5.27. The quantitative estimate of drug-likeness (QED) is 0.463. The van der Waals surface area contributed by atoms with E-state index in [0.29, 0.717) is 11.3 Å². The zero-order chi connectivity index (χ0) is 22.3. The SMILES string of the molecule is CN1CCN(Cc2ccc(C=NNc3nc(-c4ccccc4)c(C#N)c(=O)[nH]3)cc2)CC1. The van der Waals surface area contributed by atoms with E-state index < -0.39 is 5.56 Å². The summed E-state index contributed by atoms with van der Waals surface area (Å²) >= 11 is 0. The average molecular weight is 428 g/mol. The maximum atomic E-state index is 12.3. The molecule has 4 rings (SSSR count). The van der Waals surface area contributed by atoms with Gasteiger partial charge in [0.05, 0.1) is 11.9 Å². The smallest absolute Gasteiger partial charge is 0.270 e. The lowest BCUT2D eigenvalue weighted by atomic mass is 10.1. The van der Waals surface area contributed by atoms with Crippen LogP contribution < -0.4 is 11.0 Å². The minimum atomic E-state index is -0.507. The molecule has 3 aromatic rings. The van der Waals surface area contributed by atoms with Crippen molar-refractivity contribution >= 4 is 12.2 Å². The predicted octanol–water partition coefficient (Wildman–Crippen LogP) is 2.50. The van der Waals surface area contributed by atoms with Crippen molar-refractivity contribution in [2.75, 3.05) is 38.7 Å². The van der Waals surface area contributed by atoms with Crippen molar-refractivity contribution in [3.63, 3.8) is 0 Å². The van der Waals surface area contributed by atoms with Crippen LogP contribution in [-0.4, -0.2) is 59.2 Å². The highest BCUT2D eigenvalue weighted by atomic mass is 16.1. The van der Waals surface area contributed by atoms with Crippen molar-refractivity contribution in [1.29, 1.82) is 5.26 Å². The van der Waals surface area contributed by atoms with Gasteiger partial charge in [-0.1, -0.05) is 54.6 Å². The summed E-state index contributed by atoms with van der Waals surface area (Å²) in [5, 5.41) is 13.5. The molecule has 0 amide bonds. The highest BCUT2D eigenvalue weighted by Gasteiger charge is 2.14. The lowest BCUT2D eigenvalue weighted by molar-refractivity contribution is 0.148. The molecule has 0 atom stereocenters. The molecule has 8 nitrogen and oxygen atoms in total. The van der Waals surface area contributed by atoms with Gasteiger partial charge in [0, 0.05) is 38.3 Å². The number of nitriles is 1. The van der Waals surface area contributed by atoms with Crippen molar-refractivity contribution in [2.24, 2.45) is 5.10 Å². The van der Waals surface area contributed by atoms with Gasteiger partial charge in [0.25, 0.3) is 5.56 Å². The standard InChI is InChI=1S/C24H25N7O/c1-30-11-13-31(14-12-30)17-19-9-7-18(8-10-19)16-26-29-24-27-22(20-5-3-2-4-6-20)21(15-25)23(32)28-24/h2-10,16H,11-14,17H2,1H3,(H2,27,28,29,32). The number of benzene rings is 2. The van der Waals surface area contributed by atoms with E-state index in [4.69, 9.17) is 0 Å². The number of aromatic nitrogens is 2.